The van der Waals surface area contributed by atoms with Crippen molar-refractivity contribution in [2.45, 2.75) is 23.6 Å². The van der Waals surface area contributed by atoms with Crippen molar-refractivity contribution in [1.82, 2.24) is 4.98 Å². The minimum Gasteiger partial charge on any atom is -0.258 e. The molecule has 3 aromatic rings. The van der Waals surface area contributed by atoms with E-state index >= 15 is 0 Å². The van der Waals surface area contributed by atoms with Gasteiger partial charge >= 0.3 is 0 Å². The van der Waals surface area contributed by atoms with Crippen LogP contribution in [0.25, 0.3) is 16.3 Å². The number of nitrogens with zero attached hydrogens (tertiary/aromatic N) is 4. The molecule has 0 N–H and O–H groups in total. The lowest BCUT2D eigenvalue weighted by Gasteiger charge is -2.05. The van der Waals surface area contributed by atoms with Gasteiger partial charge in [0.25, 0.3) is 5.69 Å². The average Bonchev–Trinajstić information content (AvgIpc) is 3.13. The van der Waals surface area contributed by atoms with E-state index in [-0.39, 0.29) is 17.1 Å². The summed E-state index contributed by atoms with van der Waals surface area (Å²) in [4.78, 5) is 32.1. The second kappa shape index (κ2) is 8.89. The van der Waals surface area contributed by atoms with Crippen LogP contribution in [0.1, 0.15) is 18.2 Å². The highest BCUT2D eigenvalue weighted by Crippen LogP contribution is 2.41. The standard InChI is InChI=1S/C20H16N4O3S2/c1-4-21-20-18(13(3)23-25)22-19(29-20)14-7-10-17(16(11-14)24(26)27)28-15-8-5-12(2)6-9-15/h4-11H,3H2,1-2H3. The molecule has 0 saturated heterocycles. The second-order valence-corrected chi connectivity index (χ2v) is 8.05. The van der Waals surface area contributed by atoms with E-state index in [2.05, 4.69) is 21.7 Å². The fraction of sp³-hybridized carbons (Fsp3) is 0.100. The Morgan fingerprint density at radius 1 is 1.28 bits per heavy atom. The predicted molar refractivity (Wildman–Crippen MR) is 118 cm³/mol. The lowest BCUT2D eigenvalue weighted by Crippen LogP contribution is -1.92. The molecule has 0 unspecified atom stereocenters. The highest BCUT2D eigenvalue weighted by Gasteiger charge is 2.20. The quantitative estimate of drug-likeness (QED) is 0.183. The maximum absolute atomic E-state index is 11.7. The normalized spacial score (nSPS) is 11.0. The van der Waals surface area contributed by atoms with E-state index in [4.69, 9.17) is 0 Å². The first-order chi connectivity index (χ1) is 13.9. The molecule has 0 fully saturated rings. The third-order valence-corrected chi connectivity index (χ3v) is 5.98. The Balaban J connectivity index is 2.02. The van der Waals surface area contributed by atoms with Gasteiger partial charge in [0.1, 0.15) is 21.4 Å². The number of nitro benzene ring substituents is 1. The molecule has 1 heterocycles. The Labute approximate surface area is 175 Å². The fourth-order valence-corrected chi connectivity index (χ4v) is 4.37. The van der Waals surface area contributed by atoms with Gasteiger partial charge in [-0.1, -0.05) is 53.4 Å². The Morgan fingerprint density at radius 2 is 2.00 bits per heavy atom. The van der Waals surface area contributed by atoms with E-state index in [0.717, 1.165) is 10.5 Å². The number of benzene rings is 2. The van der Waals surface area contributed by atoms with Crippen molar-refractivity contribution in [1.29, 1.82) is 0 Å². The van der Waals surface area contributed by atoms with E-state index in [0.29, 0.717) is 20.5 Å². The molecule has 0 spiro atoms. The van der Waals surface area contributed by atoms with Crippen molar-refractivity contribution < 1.29 is 4.92 Å². The molecule has 2 aromatic carbocycles. The van der Waals surface area contributed by atoms with E-state index in [9.17, 15) is 15.0 Å². The first-order valence-corrected chi connectivity index (χ1v) is 10.1. The fourth-order valence-electron chi connectivity index (χ4n) is 2.48. The number of nitroso groups, excluding NO2 is 1. The van der Waals surface area contributed by atoms with Gasteiger partial charge in [0, 0.05) is 22.7 Å². The van der Waals surface area contributed by atoms with Gasteiger partial charge in [-0.15, -0.1) is 4.91 Å². The number of aromatic nitrogens is 1. The molecular formula is C20H16N4O3S2. The average molecular weight is 425 g/mol. The van der Waals surface area contributed by atoms with Crippen LogP contribution in [-0.2, 0) is 0 Å². The number of aliphatic imine (C=N–C) groups is 1. The van der Waals surface area contributed by atoms with Gasteiger partial charge in [0.05, 0.1) is 9.82 Å². The van der Waals surface area contributed by atoms with Gasteiger partial charge in [0.15, 0.2) is 0 Å². The molecule has 3 rings (SSSR count). The predicted octanol–water partition coefficient (Wildman–Crippen LogP) is 6.64. The van der Waals surface area contributed by atoms with Gasteiger partial charge in [-0.2, -0.15) is 0 Å². The number of thiazole rings is 1. The topological polar surface area (TPSA) is 97.8 Å². The van der Waals surface area contributed by atoms with E-state index in [1.807, 2.05) is 31.2 Å². The van der Waals surface area contributed by atoms with Gasteiger partial charge < -0.3 is 0 Å². The van der Waals surface area contributed by atoms with Crippen LogP contribution in [0, 0.1) is 21.9 Å². The Morgan fingerprint density at radius 3 is 2.62 bits per heavy atom. The van der Waals surface area contributed by atoms with Crippen LogP contribution in [0.4, 0.5) is 10.7 Å². The maximum atomic E-state index is 11.7. The summed E-state index contributed by atoms with van der Waals surface area (Å²) in [5.74, 6) is 0. The summed E-state index contributed by atoms with van der Waals surface area (Å²) in [6.07, 6.45) is 1.57. The van der Waals surface area contributed by atoms with Crippen LogP contribution in [0.15, 0.2) is 69.0 Å². The highest BCUT2D eigenvalue weighted by atomic mass is 32.2. The zero-order valence-electron chi connectivity index (χ0n) is 15.7. The molecule has 0 aliphatic heterocycles. The molecule has 0 aliphatic carbocycles. The molecule has 9 heteroatoms. The number of aryl methyl sites for hydroxylation is 1. The summed E-state index contributed by atoms with van der Waals surface area (Å²) in [5.41, 5.74) is 1.91. The summed E-state index contributed by atoms with van der Waals surface area (Å²) in [5, 5.41) is 15.5. The van der Waals surface area contributed by atoms with Crippen LogP contribution in [0.3, 0.4) is 0 Å². The molecule has 146 valence electrons. The van der Waals surface area contributed by atoms with Crippen LogP contribution in [-0.4, -0.2) is 16.1 Å². The Hall–Kier alpha value is -3.17. The van der Waals surface area contributed by atoms with Gasteiger partial charge in [-0.25, -0.2) is 9.98 Å². The van der Waals surface area contributed by atoms with Crippen molar-refractivity contribution in [3.63, 3.8) is 0 Å². The SMILES string of the molecule is C=C(N=O)c1nc(-c2ccc(Sc3ccc(C)cc3)c([N+](=O)[O-])c2)sc1N=CC. The maximum Gasteiger partial charge on any atom is 0.283 e. The minimum absolute atomic E-state index is 0.0160. The van der Waals surface area contributed by atoms with Gasteiger partial charge in [-0.05, 0) is 37.2 Å². The molecular weight excluding hydrogens is 408 g/mol. The molecule has 7 nitrogen and oxygen atoms in total. The van der Waals surface area contributed by atoms with Crippen molar-refractivity contribution in [3.8, 4) is 10.6 Å². The summed E-state index contributed by atoms with van der Waals surface area (Å²) in [7, 11) is 0. The second-order valence-electron chi connectivity index (χ2n) is 5.95. The van der Waals surface area contributed by atoms with Crippen molar-refractivity contribution in [2.24, 2.45) is 10.2 Å². The van der Waals surface area contributed by atoms with E-state index in [1.165, 1.54) is 29.2 Å². The number of rotatable bonds is 7. The van der Waals surface area contributed by atoms with E-state index < -0.39 is 4.92 Å². The van der Waals surface area contributed by atoms with Gasteiger partial charge in [0.2, 0.25) is 0 Å². The van der Waals surface area contributed by atoms with Gasteiger partial charge in [-0.3, -0.25) is 10.1 Å². The lowest BCUT2D eigenvalue weighted by molar-refractivity contribution is -0.387. The van der Waals surface area contributed by atoms with Crippen molar-refractivity contribution >= 4 is 45.7 Å². The molecule has 0 aliphatic rings. The Bertz CT molecular complexity index is 1120. The van der Waals surface area contributed by atoms with E-state index in [1.54, 1.807) is 25.3 Å². The zero-order valence-corrected chi connectivity index (χ0v) is 17.3. The zero-order chi connectivity index (χ0) is 21.0. The molecule has 1 aromatic heterocycles. The van der Waals surface area contributed by atoms with Crippen molar-refractivity contribution in [2.75, 3.05) is 0 Å². The molecule has 0 amide bonds. The largest absolute Gasteiger partial charge is 0.283 e. The number of hydrogen-bond acceptors (Lipinski definition) is 8. The minimum atomic E-state index is -0.411. The highest BCUT2D eigenvalue weighted by molar-refractivity contribution is 7.99. The van der Waals surface area contributed by atoms with Crippen LogP contribution in [0.5, 0.6) is 0 Å². The molecule has 0 radical (unpaired) electrons. The third-order valence-electron chi connectivity index (χ3n) is 3.89. The van der Waals surface area contributed by atoms with Crippen LogP contribution < -0.4 is 0 Å². The first-order valence-electron chi connectivity index (χ1n) is 8.48. The van der Waals surface area contributed by atoms with Crippen molar-refractivity contribution in [3.05, 3.63) is 75.3 Å². The smallest absolute Gasteiger partial charge is 0.258 e. The molecule has 0 saturated carbocycles. The molecule has 29 heavy (non-hydrogen) atoms. The molecule has 0 atom stereocenters. The molecule has 0 bridgehead atoms. The monoisotopic (exact) mass is 424 g/mol. The summed E-state index contributed by atoms with van der Waals surface area (Å²) >= 11 is 2.54. The Kier molecular flexibility index (Phi) is 6.30. The number of nitro groups is 1. The summed E-state index contributed by atoms with van der Waals surface area (Å²) < 4.78 is 0. The third kappa shape index (κ3) is 4.64. The van der Waals surface area contributed by atoms with Crippen LogP contribution >= 0.6 is 23.1 Å². The number of hydrogen-bond donors (Lipinski definition) is 0. The lowest BCUT2D eigenvalue weighted by atomic mass is 10.2. The summed E-state index contributed by atoms with van der Waals surface area (Å²) in [6.45, 7) is 7.31. The first kappa shape index (κ1) is 20.6. The summed E-state index contributed by atoms with van der Waals surface area (Å²) in [6, 6.07) is 12.7. The van der Waals surface area contributed by atoms with Crippen LogP contribution in [0.2, 0.25) is 0 Å².